The fourth-order valence-electron chi connectivity index (χ4n) is 1.25. The van der Waals surface area contributed by atoms with E-state index >= 15 is 0 Å². The monoisotopic (exact) mass is 336 g/mol. The van der Waals surface area contributed by atoms with E-state index in [0.717, 1.165) is 6.92 Å². The van der Waals surface area contributed by atoms with Crippen LogP contribution in [0.4, 0.5) is 39.5 Å². The molecule has 0 rings (SSSR count). The van der Waals surface area contributed by atoms with Crippen molar-refractivity contribution in [3.63, 3.8) is 0 Å². The van der Waals surface area contributed by atoms with Gasteiger partial charge in [0, 0.05) is 6.42 Å². The number of carboxylic acid groups (broad SMARTS) is 1. The Morgan fingerprint density at radius 3 is 1.57 bits per heavy atom. The van der Waals surface area contributed by atoms with Gasteiger partial charge in [-0.2, -0.15) is 39.5 Å². The zero-order chi connectivity index (χ0) is 17.5. The highest BCUT2D eigenvalue weighted by Crippen LogP contribution is 2.56. The molecule has 0 amide bonds. The first-order valence-electron chi connectivity index (χ1n) is 5.16. The van der Waals surface area contributed by atoms with E-state index in [2.05, 4.69) is 0 Å². The third-order valence-electron chi connectivity index (χ3n) is 2.52. The molecule has 0 saturated carbocycles. The van der Waals surface area contributed by atoms with E-state index in [0.29, 0.717) is 0 Å². The Hall–Kier alpha value is -1.20. The number of carboxylic acids is 1. The van der Waals surface area contributed by atoms with Crippen molar-refractivity contribution in [2.24, 2.45) is 0 Å². The zero-order valence-electron chi connectivity index (χ0n) is 10.1. The van der Waals surface area contributed by atoms with E-state index in [1.54, 1.807) is 0 Å². The summed E-state index contributed by atoms with van der Waals surface area (Å²) < 4.78 is 116. The largest absolute Gasteiger partial charge is 0.477 e. The first-order valence-corrected chi connectivity index (χ1v) is 5.16. The lowest BCUT2D eigenvalue weighted by molar-refractivity contribution is -0.416. The highest BCUT2D eigenvalue weighted by atomic mass is 19.4. The summed E-state index contributed by atoms with van der Waals surface area (Å²) in [5.74, 6) is -36.4. The van der Waals surface area contributed by atoms with Crippen LogP contribution in [0.5, 0.6) is 0 Å². The van der Waals surface area contributed by atoms with Gasteiger partial charge >= 0.3 is 35.5 Å². The minimum atomic E-state index is -7.08. The van der Waals surface area contributed by atoms with Gasteiger partial charge in [-0.3, -0.25) is 0 Å². The molecule has 0 aromatic carbocycles. The van der Waals surface area contributed by atoms with Crippen LogP contribution in [-0.4, -0.2) is 45.7 Å². The van der Waals surface area contributed by atoms with E-state index in [-0.39, 0.29) is 0 Å². The van der Waals surface area contributed by atoms with Gasteiger partial charge in [0.2, 0.25) is 0 Å². The van der Waals surface area contributed by atoms with Gasteiger partial charge in [-0.1, -0.05) is 13.3 Å². The molecule has 0 aromatic heterocycles. The lowest BCUT2D eigenvalue weighted by Gasteiger charge is -2.39. The molecule has 0 saturated heterocycles. The highest BCUT2D eigenvalue weighted by Gasteiger charge is 2.86. The quantitative estimate of drug-likeness (QED) is 0.703. The Morgan fingerprint density at radius 1 is 0.905 bits per heavy atom. The molecule has 0 heterocycles. The summed E-state index contributed by atoms with van der Waals surface area (Å²) in [6.45, 7) is 0.857. The summed E-state index contributed by atoms with van der Waals surface area (Å²) in [6, 6.07) is 0. The number of halogens is 9. The van der Waals surface area contributed by atoms with Crippen LogP contribution in [-0.2, 0) is 4.79 Å². The molecule has 0 fully saturated rings. The van der Waals surface area contributed by atoms with Crippen molar-refractivity contribution < 1.29 is 54.5 Å². The second-order valence-electron chi connectivity index (χ2n) is 4.10. The van der Waals surface area contributed by atoms with Crippen LogP contribution >= 0.6 is 0 Å². The van der Waals surface area contributed by atoms with Crippen molar-refractivity contribution in [1.29, 1.82) is 0 Å². The average Bonchev–Trinajstić information content (AvgIpc) is 2.27. The van der Waals surface area contributed by atoms with E-state index in [1.165, 1.54) is 0 Å². The first-order chi connectivity index (χ1) is 9.00. The number of aliphatic hydroxyl groups is 1. The molecule has 0 aliphatic carbocycles. The maximum absolute atomic E-state index is 13.1. The van der Waals surface area contributed by atoms with Crippen LogP contribution in [0, 0.1) is 0 Å². The van der Waals surface area contributed by atoms with Gasteiger partial charge < -0.3 is 10.2 Å². The van der Waals surface area contributed by atoms with Gasteiger partial charge in [-0.05, 0) is 0 Å². The molecule has 1 unspecified atom stereocenters. The van der Waals surface area contributed by atoms with Gasteiger partial charge in [-0.25, -0.2) is 4.79 Å². The number of aliphatic carboxylic acids is 1. The van der Waals surface area contributed by atoms with Crippen molar-refractivity contribution in [1.82, 2.24) is 0 Å². The van der Waals surface area contributed by atoms with Crippen LogP contribution in [0.1, 0.15) is 19.8 Å². The van der Waals surface area contributed by atoms with Crippen molar-refractivity contribution >= 4 is 5.97 Å². The lowest BCUT2D eigenvalue weighted by atomic mass is 9.91. The molecule has 0 radical (unpaired) electrons. The second kappa shape index (κ2) is 5.21. The van der Waals surface area contributed by atoms with Crippen LogP contribution in [0.2, 0.25) is 0 Å². The fraction of sp³-hybridized carbons (Fsp3) is 0.889. The number of rotatable bonds is 7. The number of hydrogen-bond acceptors (Lipinski definition) is 2. The fourth-order valence-corrected chi connectivity index (χ4v) is 1.25. The Kier molecular flexibility index (Phi) is 4.92. The lowest BCUT2D eigenvalue weighted by Crippen LogP contribution is -2.70. The SMILES string of the molecule is CCCC(F)(F)C(F)(F)C(F)(F)C(O)(F)C(F)(F)C(=O)O. The number of carbonyl (C=O) groups is 1. The minimum Gasteiger partial charge on any atom is -0.477 e. The predicted octanol–water partition coefficient (Wildman–Crippen LogP) is 3.07. The summed E-state index contributed by atoms with van der Waals surface area (Å²) in [4.78, 5) is 9.90. The van der Waals surface area contributed by atoms with Crippen LogP contribution in [0.25, 0.3) is 0 Å². The molecule has 1 atom stereocenters. The summed E-state index contributed by atoms with van der Waals surface area (Å²) in [5.41, 5.74) is 0. The summed E-state index contributed by atoms with van der Waals surface area (Å²) in [6.07, 6.45) is -2.75. The van der Waals surface area contributed by atoms with E-state index in [9.17, 15) is 44.3 Å². The van der Waals surface area contributed by atoms with Crippen molar-refractivity contribution in [2.45, 2.75) is 49.3 Å². The summed E-state index contributed by atoms with van der Waals surface area (Å²) >= 11 is 0. The molecule has 0 aromatic rings. The normalized spacial score (nSPS) is 17.5. The molecule has 0 aliphatic rings. The summed E-state index contributed by atoms with van der Waals surface area (Å²) in [7, 11) is 0. The van der Waals surface area contributed by atoms with E-state index in [4.69, 9.17) is 10.2 Å². The van der Waals surface area contributed by atoms with Gasteiger partial charge in [-0.15, -0.1) is 0 Å². The van der Waals surface area contributed by atoms with Gasteiger partial charge in [0.25, 0.3) is 0 Å². The minimum absolute atomic E-state index is 0.807. The topological polar surface area (TPSA) is 57.5 Å². The standard InChI is InChI=1S/C9H9F9O3/c1-2-3-5(10,11)7(14,15)8(16,17)9(18,21)6(12,13)4(19)20/h21H,2-3H2,1H3,(H,19,20). The smallest absolute Gasteiger partial charge is 0.406 e. The molecule has 3 nitrogen and oxygen atoms in total. The maximum atomic E-state index is 13.1. The summed E-state index contributed by atoms with van der Waals surface area (Å²) in [5, 5.41) is 16.0. The Labute approximate surface area is 111 Å². The van der Waals surface area contributed by atoms with Crippen molar-refractivity contribution in [2.75, 3.05) is 0 Å². The van der Waals surface area contributed by atoms with Crippen LogP contribution < -0.4 is 0 Å². The van der Waals surface area contributed by atoms with Crippen molar-refractivity contribution in [3.8, 4) is 0 Å². The highest BCUT2D eigenvalue weighted by molar-refractivity contribution is 5.77. The van der Waals surface area contributed by atoms with Crippen molar-refractivity contribution in [3.05, 3.63) is 0 Å². The average molecular weight is 336 g/mol. The van der Waals surface area contributed by atoms with Crippen LogP contribution in [0.3, 0.4) is 0 Å². The molecule has 12 heteroatoms. The first kappa shape index (κ1) is 19.8. The second-order valence-corrected chi connectivity index (χ2v) is 4.10. The number of hydrogen-bond donors (Lipinski definition) is 2. The van der Waals surface area contributed by atoms with Gasteiger partial charge in [0.15, 0.2) is 0 Å². The Morgan fingerprint density at radius 2 is 1.29 bits per heavy atom. The Bertz CT molecular complexity index is 405. The number of alkyl halides is 9. The Balaban J connectivity index is 6.02. The molecule has 0 aliphatic heterocycles. The molecule has 126 valence electrons. The van der Waals surface area contributed by atoms with E-state index < -0.39 is 48.4 Å². The van der Waals surface area contributed by atoms with Gasteiger partial charge in [0.1, 0.15) is 0 Å². The molecule has 21 heavy (non-hydrogen) atoms. The molecular weight excluding hydrogens is 327 g/mol. The maximum Gasteiger partial charge on any atom is 0.406 e. The molecule has 2 N–H and O–H groups in total. The van der Waals surface area contributed by atoms with E-state index in [1.807, 2.05) is 0 Å². The molecular formula is C9H9F9O3. The molecule has 0 bridgehead atoms. The molecule has 0 spiro atoms. The predicted molar refractivity (Wildman–Crippen MR) is 48.4 cm³/mol. The third kappa shape index (κ3) is 2.64. The van der Waals surface area contributed by atoms with Gasteiger partial charge in [0.05, 0.1) is 0 Å². The third-order valence-corrected chi connectivity index (χ3v) is 2.52. The zero-order valence-corrected chi connectivity index (χ0v) is 10.1. The van der Waals surface area contributed by atoms with Crippen LogP contribution in [0.15, 0.2) is 0 Å².